The number of ether oxygens (including phenoxy) is 2. The minimum absolute atomic E-state index is 0.486. The lowest BCUT2D eigenvalue weighted by Crippen LogP contribution is -2.36. The molecule has 7 nitrogen and oxygen atoms in total. The fraction of sp³-hybridized carbons (Fsp3) is 0.158. The quantitative estimate of drug-likeness (QED) is 0.134. The largest absolute Gasteiger partial charge is 0.398 e. The van der Waals surface area contributed by atoms with Gasteiger partial charge in [-0.2, -0.15) is 0 Å². The van der Waals surface area contributed by atoms with Crippen LogP contribution >= 0.6 is 0 Å². The summed E-state index contributed by atoms with van der Waals surface area (Å²) in [5.41, 5.74) is 30.9. The first-order valence-electron chi connectivity index (χ1n) is 15.0. The standard InChI is InChI=1S/C38H38N4O3S/c1-44-37(29-13-5-9-17-35(29)41)21-19-25(23-31(37)27-11-3-7-15-33(27)39)46(43)26-20-22-38(45-2,30-14-6-10-18-36(30)42)32(24-26)28-12-4-8-16-34(28)40/h3-26H,39-42H2,1-2H3. The molecule has 0 spiro atoms. The molecule has 0 saturated heterocycles. The summed E-state index contributed by atoms with van der Waals surface area (Å²) in [6, 6.07) is 30.4. The van der Waals surface area contributed by atoms with E-state index >= 15 is 0 Å². The minimum Gasteiger partial charge on any atom is -0.398 e. The molecule has 4 aromatic carbocycles. The van der Waals surface area contributed by atoms with Crippen molar-refractivity contribution in [2.75, 3.05) is 37.2 Å². The van der Waals surface area contributed by atoms with Crippen molar-refractivity contribution in [3.63, 3.8) is 0 Å². The smallest absolute Gasteiger partial charge is 0.138 e. The highest BCUT2D eigenvalue weighted by atomic mass is 32.2. The van der Waals surface area contributed by atoms with Crippen LogP contribution in [0.1, 0.15) is 22.3 Å². The van der Waals surface area contributed by atoms with Crippen LogP contribution in [0.5, 0.6) is 0 Å². The van der Waals surface area contributed by atoms with Gasteiger partial charge < -0.3 is 32.4 Å². The first-order valence-corrected chi connectivity index (χ1v) is 16.3. The molecule has 234 valence electrons. The number of rotatable bonds is 8. The zero-order valence-corrected chi connectivity index (χ0v) is 26.6. The van der Waals surface area contributed by atoms with Crippen LogP contribution in [0.15, 0.2) is 134 Å². The van der Waals surface area contributed by atoms with Gasteiger partial charge in [0.1, 0.15) is 11.2 Å². The molecule has 0 aliphatic heterocycles. The maximum absolute atomic E-state index is 14.6. The molecule has 8 N–H and O–H groups in total. The van der Waals surface area contributed by atoms with Crippen LogP contribution in [0.3, 0.4) is 0 Å². The van der Waals surface area contributed by atoms with Crippen molar-refractivity contribution < 1.29 is 13.7 Å². The second-order valence-corrected chi connectivity index (χ2v) is 13.1. The Kier molecular flexibility index (Phi) is 8.44. The molecule has 0 heterocycles. The summed E-state index contributed by atoms with van der Waals surface area (Å²) in [6.07, 6.45) is 11.7. The maximum atomic E-state index is 14.6. The first-order chi connectivity index (χ1) is 22.3. The van der Waals surface area contributed by atoms with Gasteiger partial charge >= 0.3 is 0 Å². The second kappa shape index (κ2) is 12.5. The Morgan fingerprint density at radius 2 is 0.891 bits per heavy atom. The molecule has 0 saturated carbocycles. The van der Waals surface area contributed by atoms with E-state index in [-0.39, 0.29) is 0 Å². The van der Waals surface area contributed by atoms with Gasteiger partial charge in [-0.15, -0.1) is 0 Å². The normalized spacial score (nSPS) is 24.7. The SMILES string of the molecule is COC1(c2ccccc2N)C=CC(S(=O)C2C=CC(OC)(c3ccccc3N)C(c3ccccc3N)=C2)C=C1c1ccccc1N. The van der Waals surface area contributed by atoms with Crippen molar-refractivity contribution in [2.24, 2.45) is 0 Å². The lowest BCUT2D eigenvalue weighted by atomic mass is 9.77. The van der Waals surface area contributed by atoms with E-state index < -0.39 is 32.5 Å². The van der Waals surface area contributed by atoms with E-state index in [0.29, 0.717) is 22.7 Å². The van der Waals surface area contributed by atoms with Gasteiger partial charge in [0.15, 0.2) is 0 Å². The van der Waals surface area contributed by atoms with E-state index in [4.69, 9.17) is 32.4 Å². The molecule has 6 rings (SSSR count). The van der Waals surface area contributed by atoms with Gasteiger partial charge in [0.2, 0.25) is 0 Å². The zero-order chi connectivity index (χ0) is 32.5. The summed E-state index contributed by atoms with van der Waals surface area (Å²) in [7, 11) is 1.81. The van der Waals surface area contributed by atoms with Crippen LogP contribution in [0.2, 0.25) is 0 Å². The Labute approximate surface area is 272 Å². The number of nitrogen functional groups attached to an aromatic ring is 4. The number of para-hydroxylation sites is 4. The molecule has 0 fully saturated rings. The highest BCUT2D eigenvalue weighted by Crippen LogP contribution is 2.49. The van der Waals surface area contributed by atoms with Crippen molar-refractivity contribution >= 4 is 44.7 Å². The molecule has 4 unspecified atom stereocenters. The molecule has 0 amide bonds. The van der Waals surface area contributed by atoms with E-state index in [9.17, 15) is 4.21 Å². The monoisotopic (exact) mass is 630 g/mol. The predicted molar refractivity (Wildman–Crippen MR) is 191 cm³/mol. The van der Waals surface area contributed by atoms with E-state index in [2.05, 4.69) is 0 Å². The number of nitrogens with two attached hydrogens (primary N) is 4. The van der Waals surface area contributed by atoms with Gasteiger partial charge in [0, 0.05) is 70.0 Å². The van der Waals surface area contributed by atoms with E-state index in [1.165, 1.54) is 0 Å². The summed E-state index contributed by atoms with van der Waals surface area (Å²) >= 11 is 0. The maximum Gasteiger partial charge on any atom is 0.138 e. The molecule has 46 heavy (non-hydrogen) atoms. The molecule has 0 bridgehead atoms. The van der Waals surface area contributed by atoms with Crippen LogP contribution in [0.4, 0.5) is 22.7 Å². The highest BCUT2D eigenvalue weighted by Gasteiger charge is 2.43. The summed E-state index contributed by atoms with van der Waals surface area (Å²) in [6.45, 7) is 0. The summed E-state index contributed by atoms with van der Waals surface area (Å²) < 4.78 is 27.2. The van der Waals surface area contributed by atoms with Crippen molar-refractivity contribution in [3.8, 4) is 0 Å². The van der Waals surface area contributed by atoms with Crippen molar-refractivity contribution in [2.45, 2.75) is 21.7 Å². The number of anilines is 4. The van der Waals surface area contributed by atoms with E-state index in [0.717, 1.165) is 33.4 Å². The van der Waals surface area contributed by atoms with E-state index in [1.54, 1.807) is 14.2 Å². The van der Waals surface area contributed by atoms with Crippen molar-refractivity contribution in [1.82, 2.24) is 0 Å². The van der Waals surface area contributed by atoms with Crippen LogP contribution < -0.4 is 22.9 Å². The molecule has 2 aliphatic rings. The van der Waals surface area contributed by atoms with Crippen LogP contribution in [-0.2, 0) is 31.5 Å². The first kappa shape index (κ1) is 31.1. The lowest BCUT2D eigenvalue weighted by molar-refractivity contribution is 0.0809. The Balaban J connectivity index is 1.48. The third kappa shape index (κ3) is 5.14. The molecule has 4 atom stereocenters. The van der Waals surface area contributed by atoms with Crippen LogP contribution in [0.25, 0.3) is 11.1 Å². The summed E-state index contributed by atoms with van der Waals surface area (Å²) in [5, 5.41) is -0.972. The number of hydrogen-bond donors (Lipinski definition) is 4. The van der Waals surface area contributed by atoms with Gasteiger partial charge in [-0.3, -0.25) is 4.21 Å². The van der Waals surface area contributed by atoms with Crippen LogP contribution in [-0.4, -0.2) is 28.9 Å². The second-order valence-electron chi connectivity index (χ2n) is 11.4. The number of benzene rings is 4. The highest BCUT2D eigenvalue weighted by molar-refractivity contribution is 7.87. The van der Waals surface area contributed by atoms with Gasteiger partial charge in [-0.1, -0.05) is 97.1 Å². The Bertz CT molecular complexity index is 1800. The molecule has 2 aliphatic carbocycles. The zero-order valence-electron chi connectivity index (χ0n) is 25.8. The van der Waals surface area contributed by atoms with Crippen molar-refractivity contribution in [1.29, 1.82) is 0 Å². The third-order valence-corrected chi connectivity index (χ3v) is 10.6. The van der Waals surface area contributed by atoms with Gasteiger partial charge in [-0.05, 0) is 47.6 Å². The molecule has 4 aromatic rings. The average Bonchev–Trinajstić information content (AvgIpc) is 3.08. The molecule has 0 radical (unpaired) electrons. The van der Waals surface area contributed by atoms with Gasteiger partial charge in [0.05, 0.1) is 10.5 Å². The fourth-order valence-corrected chi connectivity index (χ4v) is 7.95. The Morgan fingerprint density at radius 3 is 1.24 bits per heavy atom. The van der Waals surface area contributed by atoms with Crippen LogP contribution in [0, 0.1) is 0 Å². The molecular formula is C38H38N4O3S. The fourth-order valence-electron chi connectivity index (χ4n) is 6.58. The summed E-state index contributed by atoms with van der Waals surface area (Å²) in [4.78, 5) is 0. The van der Waals surface area contributed by atoms with Gasteiger partial charge in [0.25, 0.3) is 0 Å². The topological polar surface area (TPSA) is 140 Å². The number of hydrogen-bond acceptors (Lipinski definition) is 7. The average molecular weight is 631 g/mol. The summed E-state index contributed by atoms with van der Waals surface area (Å²) in [5.74, 6) is 0. The predicted octanol–water partition coefficient (Wildman–Crippen LogP) is 6.19. The van der Waals surface area contributed by atoms with Crippen molar-refractivity contribution in [3.05, 3.63) is 156 Å². The number of methoxy groups -OCH3 is 2. The Morgan fingerprint density at radius 1 is 0.543 bits per heavy atom. The Hall–Kier alpha value is -4.89. The molecule has 0 aromatic heterocycles. The van der Waals surface area contributed by atoms with Gasteiger partial charge in [-0.25, -0.2) is 0 Å². The van der Waals surface area contributed by atoms with E-state index in [1.807, 2.05) is 134 Å². The lowest BCUT2D eigenvalue weighted by Gasteiger charge is -2.39. The molecular weight excluding hydrogens is 593 g/mol. The minimum atomic E-state index is -1.47. The molecule has 8 heteroatoms. The third-order valence-electron chi connectivity index (χ3n) is 8.91.